The second-order valence-electron chi connectivity index (χ2n) is 5.11. The van der Waals surface area contributed by atoms with Crippen molar-refractivity contribution in [1.29, 1.82) is 5.26 Å². The predicted octanol–water partition coefficient (Wildman–Crippen LogP) is 3.27. The molecule has 1 saturated heterocycles. The highest BCUT2D eigenvalue weighted by atomic mass is 16.5. The first-order valence-corrected chi connectivity index (χ1v) is 7.07. The van der Waals surface area contributed by atoms with E-state index in [1.165, 1.54) is 25.7 Å². The number of methoxy groups -OCH3 is 1. The lowest BCUT2D eigenvalue weighted by Gasteiger charge is -2.27. The van der Waals surface area contributed by atoms with Crippen LogP contribution in [0, 0.1) is 11.3 Å². The second kappa shape index (κ2) is 7.28. The van der Waals surface area contributed by atoms with E-state index >= 15 is 0 Å². The Morgan fingerprint density at radius 2 is 1.89 bits per heavy atom. The average Bonchev–Trinajstić information content (AvgIpc) is 2.71. The van der Waals surface area contributed by atoms with E-state index < -0.39 is 0 Å². The van der Waals surface area contributed by atoms with Gasteiger partial charge in [-0.05, 0) is 37.1 Å². The molecule has 1 aliphatic rings. The number of nitriles is 1. The minimum atomic E-state index is -0.135. The summed E-state index contributed by atoms with van der Waals surface area (Å²) in [7, 11) is 1.70. The Morgan fingerprint density at radius 3 is 2.53 bits per heavy atom. The molecule has 2 rings (SSSR count). The highest BCUT2D eigenvalue weighted by Gasteiger charge is 2.22. The maximum atomic E-state index is 9.58. The normalized spacial score (nSPS) is 18.5. The quantitative estimate of drug-likeness (QED) is 0.831. The molecule has 0 amide bonds. The molecule has 0 bridgehead atoms. The third-order valence-corrected chi connectivity index (χ3v) is 3.78. The first-order valence-electron chi connectivity index (χ1n) is 7.07. The number of nitrogens with zero attached hydrogens (tertiary/aromatic N) is 2. The number of rotatable bonds is 4. The molecule has 1 fully saturated rings. The van der Waals surface area contributed by atoms with Gasteiger partial charge in [0.1, 0.15) is 6.04 Å². The van der Waals surface area contributed by atoms with Crippen LogP contribution in [0.25, 0.3) is 0 Å². The zero-order valence-electron chi connectivity index (χ0n) is 11.6. The molecule has 0 aliphatic carbocycles. The van der Waals surface area contributed by atoms with E-state index in [9.17, 15) is 5.26 Å². The van der Waals surface area contributed by atoms with E-state index in [2.05, 4.69) is 23.1 Å². The summed E-state index contributed by atoms with van der Waals surface area (Å²) in [5.74, 6) is 0. The summed E-state index contributed by atoms with van der Waals surface area (Å²) < 4.78 is 5.25. The van der Waals surface area contributed by atoms with Gasteiger partial charge in [-0.1, -0.05) is 37.1 Å². The molecule has 102 valence electrons. The van der Waals surface area contributed by atoms with Crippen molar-refractivity contribution in [3.05, 3.63) is 35.4 Å². The van der Waals surface area contributed by atoms with Gasteiger partial charge in [0, 0.05) is 7.11 Å². The Kier molecular flexibility index (Phi) is 5.38. The van der Waals surface area contributed by atoms with Crippen LogP contribution >= 0.6 is 0 Å². The molecule has 0 radical (unpaired) electrons. The van der Waals surface area contributed by atoms with Crippen molar-refractivity contribution in [1.82, 2.24) is 4.90 Å². The maximum absolute atomic E-state index is 9.58. The smallest absolute Gasteiger partial charge is 0.124 e. The molecular weight excluding hydrogens is 236 g/mol. The lowest BCUT2D eigenvalue weighted by Crippen LogP contribution is -2.29. The van der Waals surface area contributed by atoms with Crippen LogP contribution in [0.15, 0.2) is 24.3 Å². The molecule has 0 spiro atoms. The van der Waals surface area contributed by atoms with Gasteiger partial charge in [-0.15, -0.1) is 0 Å². The fraction of sp³-hybridized carbons (Fsp3) is 0.562. The molecule has 0 N–H and O–H groups in total. The van der Waals surface area contributed by atoms with Crippen molar-refractivity contribution < 1.29 is 4.74 Å². The molecule has 0 saturated carbocycles. The molecule has 1 atom stereocenters. The van der Waals surface area contributed by atoms with Crippen molar-refractivity contribution >= 4 is 0 Å². The van der Waals surface area contributed by atoms with Crippen molar-refractivity contribution in [2.45, 2.75) is 38.3 Å². The third-order valence-electron chi connectivity index (χ3n) is 3.78. The van der Waals surface area contributed by atoms with Crippen molar-refractivity contribution in [2.24, 2.45) is 0 Å². The molecule has 3 nitrogen and oxygen atoms in total. The van der Waals surface area contributed by atoms with Crippen LogP contribution in [0.2, 0.25) is 0 Å². The lowest BCUT2D eigenvalue weighted by atomic mass is 10.00. The van der Waals surface area contributed by atoms with Gasteiger partial charge in [0.05, 0.1) is 12.7 Å². The highest BCUT2D eigenvalue weighted by Crippen LogP contribution is 2.26. The second-order valence-corrected chi connectivity index (χ2v) is 5.11. The number of benzene rings is 1. The Hall–Kier alpha value is -1.37. The predicted molar refractivity (Wildman–Crippen MR) is 75.6 cm³/mol. The number of hydrogen-bond acceptors (Lipinski definition) is 3. The third kappa shape index (κ3) is 3.56. The summed E-state index contributed by atoms with van der Waals surface area (Å²) >= 11 is 0. The topological polar surface area (TPSA) is 36.3 Å². The van der Waals surface area contributed by atoms with Gasteiger partial charge in [-0.2, -0.15) is 5.26 Å². The van der Waals surface area contributed by atoms with Crippen LogP contribution in [0.5, 0.6) is 0 Å². The summed E-state index contributed by atoms with van der Waals surface area (Å²) in [6, 6.07) is 10.5. The summed E-state index contributed by atoms with van der Waals surface area (Å²) in [4.78, 5) is 2.32. The van der Waals surface area contributed by atoms with Gasteiger partial charge in [0.25, 0.3) is 0 Å². The van der Waals surface area contributed by atoms with Gasteiger partial charge in [0.2, 0.25) is 0 Å². The summed E-state index contributed by atoms with van der Waals surface area (Å²) in [5, 5.41) is 9.58. The van der Waals surface area contributed by atoms with Gasteiger partial charge in [-0.3, -0.25) is 4.90 Å². The first-order chi connectivity index (χ1) is 9.36. The fourth-order valence-electron chi connectivity index (χ4n) is 2.79. The van der Waals surface area contributed by atoms with E-state index in [1.54, 1.807) is 7.11 Å². The molecule has 1 aromatic carbocycles. The molecule has 0 aromatic heterocycles. The highest BCUT2D eigenvalue weighted by molar-refractivity contribution is 5.33. The van der Waals surface area contributed by atoms with Gasteiger partial charge >= 0.3 is 0 Å². The Morgan fingerprint density at radius 1 is 1.21 bits per heavy atom. The molecule has 1 aliphatic heterocycles. The SMILES string of the molecule is COCc1ccccc1C(C#N)N1CCCCCC1. The number of likely N-dealkylation sites (tertiary alicyclic amines) is 1. The van der Waals surface area contributed by atoms with Crippen LogP contribution in [0.4, 0.5) is 0 Å². The Balaban J connectivity index is 2.23. The summed E-state index contributed by atoms with van der Waals surface area (Å²) in [6.07, 6.45) is 4.97. The molecule has 3 heteroatoms. The van der Waals surface area contributed by atoms with Gasteiger partial charge in [0.15, 0.2) is 0 Å². The summed E-state index contributed by atoms with van der Waals surface area (Å²) in [6.45, 7) is 2.63. The van der Waals surface area contributed by atoms with E-state index in [0.29, 0.717) is 6.61 Å². The van der Waals surface area contributed by atoms with E-state index in [1.807, 2.05) is 12.1 Å². The van der Waals surface area contributed by atoms with Crippen LogP contribution < -0.4 is 0 Å². The van der Waals surface area contributed by atoms with Crippen LogP contribution in [-0.2, 0) is 11.3 Å². The maximum Gasteiger partial charge on any atom is 0.124 e. The zero-order chi connectivity index (χ0) is 13.5. The monoisotopic (exact) mass is 258 g/mol. The van der Waals surface area contributed by atoms with Crippen molar-refractivity contribution in [3.8, 4) is 6.07 Å². The molecule has 1 heterocycles. The summed E-state index contributed by atoms with van der Waals surface area (Å²) in [5.41, 5.74) is 2.23. The van der Waals surface area contributed by atoms with E-state index in [-0.39, 0.29) is 6.04 Å². The fourth-order valence-corrected chi connectivity index (χ4v) is 2.79. The van der Waals surface area contributed by atoms with Gasteiger partial charge in [-0.25, -0.2) is 0 Å². The number of hydrogen-bond donors (Lipinski definition) is 0. The van der Waals surface area contributed by atoms with Crippen LogP contribution in [-0.4, -0.2) is 25.1 Å². The minimum Gasteiger partial charge on any atom is -0.380 e. The van der Waals surface area contributed by atoms with Crippen LogP contribution in [0.1, 0.15) is 42.9 Å². The van der Waals surface area contributed by atoms with Crippen LogP contribution in [0.3, 0.4) is 0 Å². The van der Waals surface area contributed by atoms with E-state index in [0.717, 1.165) is 24.2 Å². The van der Waals surface area contributed by atoms with Gasteiger partial charge < -0.3 is 4.74 Å². The minimum absolute atomic E-state index is 0.135. The zero-order valence-corrected chi connectivity index (χ0v) is 11.6. The molecular formula is C16H22N2O. The molecule has 1 unspecified atom stereocenters. The Bertz CT molecular complexity index is 431. The molecule has 19 heavy (non-hydrogen) atoms. The van der Waals surface area contributed by atoms with Crippen molar-refractivity contribution in [3.63, 3.8) is 0 Å². The Labute approximate surface area is 115 Å². The largest absolute Gasteiger partial charge is 0.380 e. The first kappa shape index (κ1) is 14.0. The molecule has 1 aromatic rings. The van der Waals surface area contributed by atoms with Crippen molar-refractivity contribution in [2.75, 3.05) is 20.2 Å². The lowest BCUT2D eigenvalue weighted by molar-refractivity contribution is 0.180. The average molecular weight is 258 g/mol. The standard InChI is InChI=1S/C16H22N2O/c1-19-13-14-8-4-5-9-15(14)16(12-17)18-10-6-2-3-7-11-18/h4-5,8-9,16H,2-3,6-7,10-11,13H2,1H3. The van der Waals surface area contributed by atoms with E-state index in [4.69, 9.17) is 4.74 Å². The number of ether oxygens (including phenoxy) is 1.